The van der Waals surface area contributed by atoms with Gasteiger partial charge in [-0.05, 0) is 32.6 Å². The molecule has 0 aromatic rings. The van der Waals surface area contributed by atoms with Crippen molar-refractivity contribution < 1.29 is 14.3 Å². The van der Waals surface area contributed by atoms with E-state index in [1.807, 2.05) is 4.90 Å². The van der Waals surface area contributed by atoms with E-state index in [-0.39, 0.29) is 23.5 Å². The Morgan fingerprint density at radius 1 is 1.40 bits per heavy atom. The summed E-state index contributed by atoms with van der Waals surface area (Å²) >= 11 is 0. The number of ether oxygens (including phenoxy) is 1. The zero-order valence-electron chi connectivity index (χ0n) is 12.0. The molecule has 0 radical (unpaired) electrons. The van der Waals surface area contributed by atoms with Crippen LogP contribution in [0.25, 0.3) is 0 Å². The third-order valence-electron chi connectivity index (χ3n) is 4.61. The fraction of sp³-hybridized carbons (Fsp3) is 0.733. The van der Waals surface area contributed by atoms with Crippen LogP contribution in [0.2, 0.25) is 0 Å². The van der Waals surface area contributed by atoms with Crippen LogP contribution in [-0.2, 0) is 14.3 Å². The molecule has 3 aliphatic heterocycles. The molecular weight excluding hydrogens is 256 g/mol. The standard InChI is InChI=1S/C15H22N2O3/c1-11-4-9-20-15(10-11)5-7-17(8-6-15)14(19)12-2-3-13(18)16-12/h10,12H,2-9H2,1H3,(H,16,18). The quantitative estimate of drug-likeness (QED) is 0.728. The third kappa shape index (κ3) is 2.59. The van der Waals surface area contributed by atoms with Crippen LogP contribution >= 0.6 is 0 Å². The second-order valence-corrected chi connectivity index (χ2v) is 6.14. The van der Waals surface area contributed by atoms with E-state index < -0.39 is 0 Å². The minimum absolute atomic E-state index is 0.00833. The maximum Gasteiger partial charge on any atom is 0.245 e. The lowest BCUT2D eigenvalue weighted by molar-refractivity contribution is -0.139. The van der Waals surface area contributed by atoms with Gasteiger partial charge in [-0.2, -0.15) is 0 Å². The molecule has 20 heavy (non-hydrogen) atoms. The lowest BCUT2D eigenvalue weighted by Gasteiger charge is -2.42. The number of nitrogens with one attached hydrogen (secondary N) is 1. The Bertz CT molecular complexity index is 450. The smallest absolute Gasteiger partial charge is 0.245 e. The number of carbonyl (C=O) groups excluding carboxylic acids is 2. The second kappa shape index (κ2) is 5.20. The Morgan fingerprint density at radius 2 is 2.15 bits per heavy atom. The highest BCUT2D eigenvalue weighted by Gasteiger charge is 2.39. The number of nitrogens with zero attached hydrogens (tertiary/aromatic N) is 1. The van der Waals surface area contributed by atoms with Gasteiger partial charge in [0.05, 0.1) is 12.2 Å². The van der Waals surface area contributed by atoms with Gasteiger partial charge in [-0.15, -0.1) is 0 Å². The van der Waals surface area contributed by atoms with E-state index in [4.69, 9.17) is 4.74 Å². The number of likely N-dealkylation sites (tertiary alicyclic amines) is 1. The summed E-state index contributed by atoms with van der Waals surface area (Å²) in [6, 6.07) is -0.305. The van der Waals surface area contributed by atoms with Gasteiger partial charge in [-0.3, -0.25) is 9.59 Å². The van der Waals surface area contributed by atoms with Crippen molar-refractivity contribution in [3.05, 3.63) is 11.6 Å². The highest BCUT2D eigenvalue weighted by molar-refractivity contribution is 5.90. The molecule has 0 saturated carbocycles. The Labute approximate surface area is 119 Å². The van der Waals surface area contributed by atoms with Crippen molar-refractivity contribution in [3.63, 3.8) is 0 Å². The fourth-order valence-corrected chi connectivity index (χ4v) is 3.39. The monoisotopic (exact) mass is 278 g/mol. The fourth-order valence-electron chi connectivity index (χ4n) is 3.39. The predicted octanol–water partition coefficient (Wildman–Crippen LogP) is 0.993. The molecule has 110 valence electrons. The molecule has 1 spiro atoms. The van der Waals surface area contributed by atoms with Crippen LogP contribution in [0, 0.1) is 0 Å². The summed E-state index contributed by atoms with van der Waals surface area (Å²) in [5.74, 6) is 0.0632. The van der Waals surface area contributed by atoms with E-state index >= 15 is 0 Å². The van der Waals surface area contributed by atoms with E-state index in [1.54, 1.807) is 0 Å². The molecule has 3 heterocycles. The van der Waals surface area contributed by atoms with Crippen molar-refractivity contribution in [1.82, 2.24) is 10.2 Å². The molecule has 0 aromatic heterocycles. The molecule has 3 rings (SSSR count). The van der Waals surface area contributed by atoms with Crippen molar-refractivity contribution >= 4 is 11.8 Å². The van der Waals surface area contributed by atoms with Crippen LogP contribution in [0.5, 0.6) is 0 Å². The van der Waals surface area contributed by atoms with Gasteiger partial charge in [0.25, 0.3) is 0 Å². The number of amides is 2. The number of rotatable bonds is 1. The first-order valence-corrected chi connectivity index (χ1v) is 7.48. The van der Waals surface area contributed by atoms with Gasteiger partial charge < -0.3 is 15.0 Å². The average molecular weight is 278 g/mol. The van der Waals surface area contributed by atoms with Gasteiger partial charge in [0, 0.05) is 19.5 Å². The summed E-state index contributed by atoms with van der Waals surface area (Å²) in [5, 5.41) is 2.76. The Morgan fingerprint density at radius 3 is 2.75 bits per heavy atom. The lowest BCUT2D eigenvalue weighted by Crippen LogP contribution is -2.52. The maximum atomic E-state index is 12.3. The molecule has 5 heteroatoms. The van der Waals surface area contributed by atoms with E-state index in [1.165, 1.54) is 5.57 Å². The van der Waals surface area contributed by atoms with Crippen molar-refractivity contribution in [2.45, 2.75) is 50.7 Å². The van der Waals surface area contributed by atoms with Crippen LogP contribution in [0.4, 0.5) is 0 Å². The van der Waals surface area contributed by atoms with E-state index in [2.05, 4.69) is 18.3 Å². The molecule has 3 aliphatic rings. The lowest BCUT2D eigenvalue weighted by atomic mass is 9.87. The number of hydrogen-bond acceptors (Lipinski definition) is 3. The van der Waals surface area contributed by atoms with Gasteiger partial charge in [-0.1, -0.05) is 11.6 Å². The van der Waals surface area contributed by atoms with E-state index in [9.17, 15) is 9.59 Å². The molecule has 0 aromatic carbocycles. The molecule has 2 saturated heterocycles. The summed E-state index contributed by atoms with van der Waals surface area (Å²) in [4.78, 5) is 25.4. The van der Waals surface area contributed by atoms with Gasteiger partial charge in [0.2, 0.25) is 11.8 Å². The third-order valence-corrected chi connectivity index (χ3v) is 4.61. The van der Waals surface area contributed by atoms with E-state index in [0.717, 1.165) is 39.0 Å². The van der Waals surface area contributed by atoms with Crippen LogP contribution < -0.4 is 5.32 Å². The number of piperidine rings is 1. The summed E-state index contributed by atoms with van der Waals surface area (Å²) in [6.07, 6.45) is 6.08. The van der Waals surface area contributed by atoms with Crippen LogP contribution in [0.1, 0.15) is 39.0 Å². The average Bonchev–Trinajstić information content (AvgIpc) is 2.85. The Kier molecular flexibility index (Phi) is 3.54. The summed E-state index contributed by atoms with van der Waals surface area (Å²) in [7, 11) is 0. The van der Waals surface area contributed by atoms with Crippen LogP contribution in [0.3, 0.4) is 0 Å². The molecule has 5 nitrogen and oxygen atoms in total. The maximum absolute atomic E-state index is 12.3. The first-order chi connectivity index (χ1) is 9.58. The predicted molar refractivity (Wildman–Crippen MR) is 74.0 cm³/mol. The molecule has 0 bridgehead atoms. The molecule has 2 fully saturated rings. The van der Waals surface area contributed by atoms with Crippen molar-refractivity contribution in [1.29, 1.82) is 0 Å². The molecule has 1 N–H and O–H groups in total. The summed E-state index contributed by atoms with van der Waals surface area (Å²) in [5.41, 5.74) is 1.23. The first kappa shape index (κ1) is 13.6. The van der Waals surface area contributed by atoms with Crippen molar-refractivity contribution in [3.8, 4) is 0 Å². The van der Waals surface area contributed by atoms with Crippen LogP contribution in [0.15, 0.2) is 11.6 Å². The van der Waals surface area contributed by atoms with Crippen molar-refractivity contribution in [2.75, 3.05) is 19.7 Å². The molecule has 0 aliphatic carbocycles. The molecule has 1 unspecified atom stereocenters. The first-order valence-electron chi connectivity index (χ1n) is 7.48. The minimum Gasteiger partial charge on any atom is -0.370 e. The van der Waals surface area contributed by atoms with Gasteiger partial charge >= 0.3 is 0 Å². The number of hydrogen-bond donors (Lipinski definition) is 1. The highest BCUT2D eigenvalue weighted by Crippen LogP contribution is 2.33. The van der Waals surface area contributed by atoms with Gasteiger partial charge in [-0.25, -0.2) is 0 Å². The van der Waals surface area contributed by atoms with Crippen molar-refractivity contribution in [2.24, 2.45) is 0 Å². The zero-order chi connectivity index (χ0) is 14.2. The molecule has 1 atom stereocenters. The topological polar surface area (TPSA) is 58.6 Å². The summed E-state index contributed by atoms with van der Waals surface area (Å²) < 4.78 is 5.96. The van der Waals surface area contributed by atoms with Crippen LogP contribution in [-0.4, -0.2) is 48.1 Å². The molecule has 2 amide bonds. The Balaban J connectivity index is 1.60. The Hall–Kier alpha value is -1.36. The minimum atomic E-state index is -0.305. The second-order valence-electron chi connectivity index (χ2n) is 6.14. The zero-order valence-corrected chi connectivity index (χ0v) is 12.0. The summed E-state index contributed by atoms with van der Waals surface area (Å²) in [6.45, 7) is 4.37. The van der Waals surface area contributed by atoms with Gasteiger partial charge in [0.1, 0.15) is 6.04 Å². The van der Waals surface area contributed by atoms with E-state index in [0.29, 0.717) is 12.8 Å². The normalized spacial score (nSPS) is 29.2. The highest BCUT2D eigenvalue weighted by atomic mass is 16.5. The SMILES string of the molecule is CC1=CC2(CCN(C(=O)C3CCC(=O)N3)CC2)OCC1. The number of carbonyl (C=O) groups is 2. The van der Waals surface area contributed by atoms with Gasteiger partial charge in [0.15, 0.2) is 0 Å². The largest absolute Gasteiger partial charge is 0.370 e. The molecular formula is C15H22N2O3.